The summed E-state index contributed by atoms with van der Waals surface area (Å²) in [5.41, 5.74) is 3.89. The molecule has 2 aromatic carbocycles. The molecule has 0 saturated carbocycles. The number of thiazole rings is 1. The molecule has 0 atom stereocenters. The van der Waals surface area contributed by atoms with Gasteiger partial charge in [-0.15, -0.1) is 11.3 Å². The van der Waals surface area contributed by atoms with Crippen molar-refractivity contribution in [2.75, 3.05) is 5.32 Å². The summed E-state index contributed by atoms with van der Waals surface area (Å²) in [4.78, 5) is 18.5. The molecule has 0 fully saturated rings. The molecule has 5 aromatic rings. The van der Waals surface area contributed by atoms with E-state index in [1.54, 1.807) is 23.7 Å². The second-order valence-corrected chi connectivity index (χ2v) is 9.26. The van der Waals surface area contributed by atoms with Crippen molar-refractivity contribution in [1.29, 1.82) is 0 Å². The highest BCUT2D eigenvalue weighted by Gasteiger charge is 2.19. The van der Waals surface area contributed by atoms with E-state index in [0.717, 1.165) is 43.2 Å². The predicted octanol–water partition coefficient (Wildman–Crippen LogP) is 6.34. The SMILES string of the molecule is CC(C)(C)c1nc2ccc(Nc3nc(-c4ccncc4)nc4ccccc34)cc2s1. The van der Waals surface area contributed by atoms with Crippen LogP contribution in [0.1, 0.15) is 25.8 Å². The molecule has 1 N–H and O–H groups in total. The van der Waals surface area contributed by atoms with Crippen LogP contribution in [0, 0.1) is 0 Å². The monoisotopic (exact) mass is 411 g/mol. The van der Waals surface area contributed by atoms with Crippen LogP contribution in [0.15, 0.2) is 67.0 Å². The molecule has 5 nitrogen and oxygen atoms in total. The van der Waals surface area contributed by atoms with Gasteiger partial charge in [-0.3, -0.25) is 4.98 Å². The number of hydrogen-bond donors (Lipinski definition) is 1. The maximum absolute atomic E-state index is 4.83. The lowest BCUT2D eigenvalue weighted by Crippen LogP contribution is -2.09. The maximum atomic E-state index is 4.83. The second-order valence-electron chi connectivity index (χ2n) is 8.23. The van der Waals surface area contributed by atoms with E-state index in [-0.39, 0.29) is 5.41 Å². The van der Waals surface area contributed by atoms with E-state index in [4.69, 9.17) is 15.0 Å². The van der Waals surface area contributed by atoms with Gasteiger partial charge in [0.2, 0.25) is 0 Å². The van der Waals surface area contributed by atoms with Crippen LogP contribution in [0.2, 0.25) is 0 Å². The topological polar surface area (TPSA) is 63.6 Å². The molecule has 0 spiro atoms. The molecule has 3 heterocycles. The molecule has 0 unspecified atom stereocenters. The Hall–Kier alpha value is -3.38. The first-order chi connectivity index (χ1) is 14.5. The van der Waals surface area contributed by atoms with Crippen molar-refractivity contribution in [1.82, 2.24) is 19.9 Å². The van der Waals surface area contributed by atoms with E-state index >= 15 is 0 Å². The van der Waals surface area contributed by atoms with Crippen molar-refractivity contribution in [3.05, 3.63) is 72.0 Å². The van der Waals surface area contributed by atoms with Crippen molar-refractivity contribution in [3.8, 4) is 11.4 Å². The molecule has 0 bridgehead atoms. The lowest BCUT2D eigenvalue weighted by atomic mass is 9.98. The van der Waals surface area contributed by atoms with Crippen LogP contribution in [0.25, 0.3) is 32.5 Å². The number of nitrogens with zero attached hydrogens (tertiary/aromatic N) is 4. The molecule has 0 aliphatic carbocycles. The third-order valence-electron chi connectivity index (χ3n) is 4.83. The van der Waals surface area contributed by atoms with Crippen molar-refractivity contribution in [3.63, 3.8) is 0 Å². The minimum absolute atomic E-state index is 0.0412. The fourth-order valence-corrected chi connectivity index (χ4v) is 4.32. The Balaban J connectivity index is 1.59. The molecule has 0 saturated heterocycles. The summed E-state index contributed by atoms with van der Waals surface area (Å²) in [6, 6.07) is 18.2. The van der Waals surface area contributed by atoms with Crippen LogP contribution < -0.4 is 5.32 Å². The number of fused-ring (bicyclic) bond motifs is 2. The van der Waals surface area contributed by atoms with Gasteiger partial charge in [0.15, 0.2) is 5.82 Å². The molecule has 5 rings (SSSR count). The van der Waals surface area contributed by atoms with Crippen LogP contribution in [0.5, 0.6) is 0 Å². The smallest absolute Gasteiger partial charge is 0.162 e. The van der Waals surface area contributed by atoms with E-state index in [9.17, 15) is 0 Å². The molecule has 0 radical (unpaired) electrons. The Labute approximate surface area is 178 Å². The lowest BCUT2D eigenvalue weighted by molar-refractivity contribution is 0.587. The highest BCUT2D eigenvalue weighted by molar-refractivity contribution is 7.18. The van der Waals surface area contributed by atoms with Gasteiger partial charge in [0.25, 0.3) is 0 Å². The minimum Gasteiger partial charge on any atom is -0.340 e. The Bertz CT molecular complexity index is 1350. The van der Waals surface area contributed by atoms with Gasteiger partial charge in [0.1, 0.15) is 5.82 Å². The summed E-state index contributed by atoms with van der Waals surface area (Å²) in [6.07, 6.45) is 3.51. The minimum atomic E-state index is 0.0412. The number of rotatable bonds is 3. The molecule has 148 valence electrons. The lowest BCUT2D eigenvalue weighted by Gasteiger charge is -2.13. The van der Waals surface area contributed by atoms with Gasteiger partial charge in [-0.05, 0) is 42.5 Å². The average Bonchev–Trinajstić information content (AvgIpc) is 3.18. The quantitative estimate of drug-likeness (QED) is 0.375. The molecule has 30 heavy (non-hydrogen) atoms. The fraction of sp³-hybridized carbons (Fsp3) is 0.167. The first-order valence-electron chi connectivity index (χ1n) is 9.83. The van der Waals surface area contributed by atoms with Crippen LogP contribution in [-0.4, -0.2) is 19.9 Å². The van der Waals surface area contributed by atoms with Crippen molar-refractivity contribution in [2.45, 2.75) is 26.2 Å². The maximum Gasteiger partial charge on any atom is 0.162 e. The van der Waals surface area contributed by atoms with Crippen molar-refractivity contribution in [2.24, 2.45) is 0 Å². The molecule has 0 aliphatic rings. The molecular formula is C24H21N5S. The average molecular weight is 412 g/mol. The number of para-hydroxylation sites is 1. The number of nitrogens with one attached hydrogen (secondary N) is 1. The summed E-state index contributed by atoms with van der Waals surface area (Å²) >= 11 is 1.74. The van der Waals surface area contributed by atoms with E-state index in [1.165, 1.54) is 0 Å². The van der Waals surface area contributed by atoms with Gasteiger partial charge >= 0.3 is 0 Å². The first-order valence-corrected chi connectivity index (χ1v) is 10.6. The highest BCUT2D eigenvalue weighted by Crippen LogP contribution is 2.34. The Morgan fingerprint density at radius 3 is 2.43 bits per heavy atom. The number of pyridine rings is 1. The van der Waals surface area contributed by atoms with Crippen LogP contribution in [0.3, 0.4) is 0 Å². The number of benzene rings is 2. The van der Waals surface area contributed by atoms with E-state index in [2.05, 4.69) is 49.3 Å². The van der Waals surface area contributed by atoms with E-state index < -0.39 is 0 Å². The van der Waals surface area contributed by atoms with E-state index in [0.29, 0.717) is 5.82 Å². The second kappa shape index (κ2) is 7.15. The van der Waals surface area contributed by atoms with Crippen LogP contribution in [0.4, 0.5) is 11.5 Å². The van der Waals surface area contributed by atoms with Crippen LogP contribution >= 0.6 is 11.3 Å². The zero-order valence-electron chi connectivity index (χ0n) is 17.0. The predicted molar refractivity (Wildman–Crippen MR) is 124 cm³/mol. The zero-order chi connectivity index (χ0) is 20.7. The number of aromatic nitrogens is 4. The van der Waals surface area contributed by atoms with Gasteiger partial charge in [0, 0.05) is 34.4 Å². The molecular weight excluding hydrogens is 390 g/mol. The third kappa shape index (κ3) is 3.50. The third-order valence-corrected chi connectivity index (χ3v) is 6.28. The van der Waals surface area contributed by atoms with Gasteiger partial charge < -0.3 is 5.32 Å². The summed E-state index contributed by atoms with van der Waals surface area (Å²) in [6.45, 7) is 6.58. The summed E-state index contributed by atoms with van der Waals surface area (Å²) < 4.78 is 1.16. The van der Waals surface area contributed by atoms with E-state index in [1.807, 2.05) is 36.4 Å². The highest BCUT2D eigenvalue weighted by atomic mass is 32.1. The van der Waals surface area contributed by atoms with Gasteiger partial charge in [-0.1, -0.05) is 32.9 Å². The zero-order valence-corrected chi connectivity index (χ0v) is 17.9. The van der Waals surface area contributed by atoms with Crippen LogP contribution in [-0.2, 0) is 5.41 Å². The normalized spacial score (nSPS) is 11.8. The number of anilines is 2. The summed E-state index contributed by atoms with van der Waals surface area (Å²) in [5.74, 6) is 1.46. The fourth-order valence-electron chi connectivity index (χ4n) is 3.26. The van der Waals surface area contributed by atoms with Gasteiger partial charge in [0.05, 0.1) is 20.7 Å². The Morgan fingerprint density at radius 2 is 1.63 bits per heavy atom. The van der Waals surface area contributed by atoms with Crippen molar-refractivity contribution < 1.29 is 0 Å². The molecule has 3 aromatic heterocycles. The Morgan fingerprint density at radius 1 is 0.833 bits per heavy atom. The molecule has 6 heteroatoms. The van der Waals surface area contributed by atoms with Gasteiger partial charge in [-0.25, -0.2) is 15.0 Å². The molecule has 0 aliphatic heterocycles. The largest absolute Gasteiger partial charge is 0.340 e. The first kappa shape index (κ1) is 18.6. The van der Waals surface area contributed by atoms with Crippen molar-refractivity contribution >= 4 is 44.0 Å². The Kier molecular flexibility index (Phi) is 4.44. The van der Waals surface area contributed by atoms with Gasteiger partial charge in [-0.2, -0.15) is 0 Å². The standard InChI is InChI=1S/C24H21N5S/c1-24(2,3)23-28-19-9-8-16(14-20(19)30-23)26-22-17-6-4-5-7-18(17)27-21(29-22)15-10-12-25-13-11-15/h4-14H,1-3H3,(H,26,27,29). The summed E-state index contributed by atoms with van der Waals surface area (Å²) in [7, 11) is 0. The number of hydrogen-bond acceptors (Lipinski definition) is 6. The molecule has 0 amide bonds. The summed E-state index contributed by atoms with van der Waals surface area (Å²) in [5, 5.41) is 5.63.